The summed E-state index contributed by atoms with van der Waals surface area (Å²) in [5.41, 5.74) is 13.1. The summed E-state index contributed by atoms with van der Waals surface area (Å²) in [6.07, 6.45) is 14.1. The molecule has 0 spiro atoms. The molecule has 1 aliphatic carbocycles. The number of hydrogen-bond acceptors (Lipinski definition) is 8. The third-order valence-corrected chi connectivity index (χ3v) is 6.40. The summed E-state index contributed by atoms with van der Waals surface area (Å²) in [4.78, 5) is 11.8. The van der Waals surface area contributed by atoms with Crippen molar-refractivity contribution < 1.29 is 4.74 Å². The highest BCUT2D eigenvalue weighted by Gasteiger charge is 2.30. The molecular formula is C24H33N9O. The molecule has 4 rings (SSSR count). The molecule has 0 amide bonds. The number of rotatable bonds is 9. The normalized spacial score (nSPS) is 23.1. The topological polar surface area (TPSA) is 137 Å². The van der Waals surface area contributed by atoms with E-state index in [1.54, 1.807) is 11.3 Å². The summed E-state index contributed by atoms with van der Waals surface area (Å²) in [5.74, 6) is 7.00. The van der Waals surface area contributed by atoms with Crippen molar-refractivity contribution in [3.63, 3.8) is 0 Å². The lowest BCUT2D eigenvalue weighted by Gasteiger charge is -2.34. The van der Waals surface area contributed by atoms with Gasteiger partial charge in [-0.25, -0.2) is 10.8 Å². The standard InChI is InChI=1S/C24H33N9O/c1-16-9-21(24(28-11-16)34-20-5-3-4-6-20)19(13-31-32-25)14-33(26)23-10-22(29-15-30-23)18-8-7-17(2)27-12-18/h7-12,15,19-20,22,24,28H,3-6,13-14,26H2,1-2H3,(H,29,30). The number of nitrogens with two attached hydrogens (primary N) is 1. The Bertz CT molecular complexity index is 1020. The first-order valence-corrected chi connectivity index (χ1v) is 11.8. The summed E-state index contributed by atoms with van der Waals surface area (Å²) in [5, 5.41) is 12.1. The monoisotopic (exact) mass is 463 g/mol. The molecule has 0 saturated heterocycles. The highest BCUT2D eigenvalue weighted by Crippen LogP contribution is 2.29. The van der Waals surface area contributed by atoms with Crippen LogP contribution in [0.1, 0.15) is 49.9 Å². The van der Waals surface area contributed by atoms with E-state index in [2.05, 4.69) is 36.7 Å². The zero-order valence-electron chi connectivity index (χ0n) is 19.8. The van der Waals surface area contributed by atoms with E-state index in [1.807, 2.05) is 44.5 Å². The highest BCUT2D eigenvalue weighted by molar-refractivity contribution is 5.59. The van der Waals surface area contributed by atoms with Crippen molar-refractivity contribution in [1.82, 2.24) is 20.6 Å². The Kier molecular flexibility index (Phi) is 7.84. The number of aromatic nitrogens is 1. The van der Waals surface area contributed by atoms with Crippen LogP contribution in [-0.4, -0.2) is 41.8 Å². The van der Waals surface area contributed by atoms with Gasteiger partial charge in [-0.3, -0.25) is 9.99 Å². The summed E-state index contributed by atoms with van der Waals surface area (Å²) in [6, 6.07) is 3.94. The van der Waals surface area contributed by atoms with E-state index < -0.39 is 0 Å². The van der Waals surface area contributed by atoms with Crippen LogP contribution in [0.2, 0.25) is 0 Å². The minimum atomic E-state index is -0.268. The summed E-state index contributed by atoms with van der Waals surface area (Å²) in [7, 11) is 0. The molecular weight excluding hydrogens is 430 g/mol. The molecule has 34 heavy (non-hydrogen) atoms. The van der Waals surface area contributed by atoms with Crippen molar-refractivity contribution in [3.05, 3.63) is 75.3 Å². The molecule has 180 valence electrons. The smallest absolute Gasteiger partial charge is 0.150 e. The molecule has 3 heterocycles. The van der Waals surface area contributed by atoms with Gasteiger partial charge >= 0.3 is 0 Å². The van der Waals surface area contributed by atoms with E-state index in [4.69, 9.17) is 16.1 Å². The SMILES string of the molecule is CC1=CNC(OC2CCCC2)C(C(CN=[N+]=[N-])CN(N)C2=CC(c3ccc(C)nc3)NC=N2)=C1. The first-order chi connectivity index (χ1) is 16.5. The van der Waals surface area contributed by atoms with Crippen molar-refractivity contribution >= 4 is 6.34 Å². The largest absolute Gasteiger partial charge is 0.365 e. The molecule has 0 radical (unpaired) electrons. The van der Waals surface area contributed by atoms with Crippen LogP contribution in [-0.2, 0) is 4.74 Å². The molecule has 1 aromatic rings. The van der Waals surface area contributed by atoms with Crippen LogP contribution in [0.25, 0.3) is 10.4 Å². The van der Waals surface area contributed by atoms with Gasteiger partial charge in [0.25, 0.3) is 0 Å². The molecule has 0 bridgehead atoms. The minimum Gasteiger partial charge on any atom is -0.365 e. The lowest BCUT2D eigenvalue weighted by molar-refractivity contribution is -0.00550. The number of ether oxygens (including phenoxy) is 1. The van der Waals surface area contributed by atoms with Gasteiger partial charge in [-0.1, -0.05) is 30.1 Å². The Morgan fingerprint density at radius 3 is 2.85 bits per heavy atom. The molecule has 3 atom stereocenters. The molecule has 3 aliphatic rings. The van der Waals surface area contributed by atoms with E-state index in [-0.39, 0.29) is 30.8 Å². The van der Waals surface area contributed by atoms with E-state index in [0.717, 1.165) is 35.2 Å². The molecule has 1 fully saturated rings. The van der Waals surface area contributed by atoms with Crippen LogP contribution in [0.4, 0.5) is 0 Å². The van der Waals surface area contributed by atoms with Gasteiger partial charge in [-0.05, 0) is 61.1 Å². The van der Waals surface area contributed by atoms with Gasteiger partial charge in [0.2, 0.25) is 0 Å². The molecule has 1 aromatic heterocycles. The van der Waals surface area contributed by atoms with Crippen molar-refractivity contribution in [1.29, 1.82) is 0 Å². The molecule has 0 aromatic carbocycles. The van der Waals surface area contributed by atoms with Gasteiger partial charge in [0.15, 0.2) is 6.23 Å². The Labute approximate surface area is 200 Å². The lowest BCUT2D eigenvalue weighted by Crippen LogP contribution is -2.43. The van der Waals surface area contributed by atoms with Crippen LogP contribution >= 0.6 is 0 Å². The first kappa shape index (κ1) is 23.8. The van der Waals surface area contributed by atoms with Crippen LogP contribution in [0.5, 0.6) is 0 Å². The number of azide groups is 1. The third kappa shape index (κ3) is 5.96. The average molecular weight is 464 g/mol. The van der Waals surface area contributed by atoms with Crippen molar-refractivity contribution in [2.45, 2.75) is 57.9 Å². The van der Waals surface area contributed by atoms with Gasteiger partial charge in [-0.2, -0.15) is 0 Å². The number of aliphatic imine (C=N–C) groups is 1. The number of allylic oxidation sites excluding steroid dienone is 2. The fourth-order valence-electron chi connectivity index (χ4n) is 4.53. The Morgan fingerprint density at radius 1 is 1.29 bits per heavy atom. The molecule has 1 saturated carbocycles. The molecule has 4 N–H and O–H groups in total. The third-order valence-electron chi connectivity index (χ3n) is 6.40. The Balaban J connectivity index is 1.52. The number of aryl methyl sites for hydroxylation is 1. The predicted molar refractivity (Wildman–Crippen MR) is 132 cm³/mol. The van der Waals surface area contributed by atoms with Crippen molar-refractivity contribution in [2.24, 2.45) is 21.9 Å². The Morgan fingerprint density at radius 2 is 2.12 bits per heavy atom. The summed E-state index contributed by atoms with van der Waals surface area (Å²) in [6.45, 7) is 4.69. The maximum Gasteiger partial charge on any atom is 0.150 e. The van der Waals surface area contributed by atoms with E-state index in [1.165, 1.54) is 12.8 Å². The maximum absolute atomic E-state index is 9.01. The first-order valence-electron chi connectivity index (χ1n) is 11.8. The number of hydrazine groups is 1. The van der Waals surface area contributed by atoms with Gasteiger partial charge < -0.3 is 15.4 Å². The van der Waals surface area contributed by atoms with Crippen LogP contribution in [0.15, 0.2) is 63.8 Å². The van der Waals surface area contributed by atoms with Crippen LogP contribution < -0.4 is 16.5 Å². The van der Waals surface area contributed by atoms with Gasteiger partial charge in [0, 0.05) is 42.0 Å². The fraction of sp³-hybridized carbons (Fsp3) is 0.500. The Hall–Kier alpha value is -3.33. The lowest BCUT2D eigenvalue weighted by atomic mass is 9.93. The van der Waals surface area contributed by atoms with Crippen LogP contribution in [0, 0.1) is 12.8 Å². The highest BCUT2D eigenvalue weighted by atomic mass is 16.5. The average Bonchev–Trinajstić information content (AvgIpc) is 3.36. The molecule has 3 unspecified atom stereocenters. The number of hydrogen-bond donors (Lipinski definition) is 3. The predicted octanol–water partition coefficient (Wildman–Crippen LogP) is 3.72. The second-order valence-corrected chi connectivity index (χ2v) is 9.04. The molecule has 10 heteroatoms. The number of nitrogens with one attached hydrogen (secondary N) is 2. The van der Waals surface area contributed by atoms with Crippen molar-refractivity contribution in [2.75, 3.05) is 13.1 Å². The minimum absolute atomic E-state index is 0.0820. The second-order valence-electron chi connectivity index (χ2n) is 9.04. The second kappa shape index (κ2) is 11.2. The van der Waals surface area contributed by atoms with Crippen LogP contribution in [0.3, 0.4) is 0 Å². The van der Waals surface area contributed by atoms with Gasteiger partial charge in [-0.15, -0.1) is 0 Å². The summed E-state index contributed by atoms with van der Waals surface area (Å²) >= 11 is 0. The van der Waals surface area contributed by atoms with E-state index in [9.17, 15) is 0 Å². The van der Waals surface area contributed by atoms with Crippen molar-refractivity contribution in [3.8, 4) is 0 Å². The number of dihydropyridines is 1. The molecule has 2 aliphatic heterocycles. The van der Waals surface area contributed by atoms with E-state index in [0.29, 0.717) is 12.4 Å². The zero-order chi connectivity index (χ0) is 23.9. The van der Waals surface area contributed by atoms with Gasteiger partial charge in [0.1, 0.15) is 5.82 Å². The van der Waals surface area contributed by atoms with E-state index >= 15 is 0 Å². The molecule has 10 nitrogen and oxygen atoms in total. The maximum atomic E-state index is 9.01. The fourth-order valence-corrected chi connectivity index (χ4v) is 4.53. The number of pyridine rings is 1. The number of nitrogens with zero attached hydrogens (tertiary/aromatic N) is 6. The zero-order valence-corrected chi connectivity index (χ0v) is 19.8. The summed E-state index contributed by atoms with van der Waals surface area (Å²) < 4.78 is 6.41. The quantitative estimate of drug-likeness (QED) is 0.168. The van der Waals surface area contributed by atoms with Gasteiger partial charge in [0.05, 0.1) is 18.5 Å².